The standard InChI is InChI=1S/C31H36F4N4O4/c1-19-6-8-23-22(27(19)36-26(40)17-21-7-9-24(25(32)16-21)31(33,34)35)10-11-39(28(23)41)20(2)18-37-12-14-38(15-13-37)29(42)43-30(3,4)5/h6-11,16,20H,12-15,17-18H2,1-5H3,(H,36,40). The van der Waals surface area contributed by atoms with E-state index in [2.05, 4.69) is 10.2 Å². The van der Waals surface area contributed by atoms with Crippen LogP contribution in [-0.4, -0.2) is 64.7 Å². The first kappa shape index (κ1) is 32.0. The van der Waals surface area contributed by atoms with E-state index in [0.717, 1.165) is 6.07 Å². The van der Waals surface area contributed by atoms with Gasteiger partial charge in [-0.2, -0.15) is 13.2 Å². The summed E-state index contributed by atoms with van der Waals surface area (Å²) in [6.45, 7) is 12.1. The van der Waals surface area contributed by atoms with Crippen molar-refractivity contribution in [3.05, 3.63) is 75.5 Å². The zero-order valence-electron chi connectivity index (χ0n) is 24.8. The quantitative estimate of drug-likeness (QED) is 0.362. The van der Waals surface area contributed by atoms with Crippen LogP contribution in [0.4, 0.5) is 28.0 Å². The van der Waals surface area contributed by atoms with Crippen LogP contribution < -0.4 is 10.9 Å². The maximum Gasteiger partial charge on any atom is 0.419 e. The monoisotopic (exact) mass is 604 g/mol. The van der Waals surface area contributed by atoms with Gasteiger partial charge in [0.05, 0.1) is 17.7 Å². The number of pyridine rings is 1. The number of rotatable bonds is 6. The normalized spacial score (nSPS) is 15.4. The molecule has 232 valence electrons. The number of alkyl halides is 3. The van der Waals surface area contributed by atoms with Crippen molar-refractivity contribution in [2.24, 2.45) is 0 Å². The van der Waals surface area contributed by atoms with E-state index in [9.17, 15) is 31.9 Å². The molecule has 12 heteroatoms. The van der Waals surface area contributed by atoms with Crippen LogP contribution in [0.2, 0.25) is 0 Å². The van der Waals surface area contributed by atoms with E-state index in [1.165, 1.54) is 0 Å². The fraction of sp³-hybridized carbons (Fsp3) is 0.452. The van der Waals surface area contributed by atoms with Crippen LogP contribution in [0.3, 0.4) is 0 Å². The number of fused-ring (bicyclic) bond motifs is 1. The van der Waals surface area contributed by atoms with E-state index in [0.29, 0.717) is 66.9 Å². The number of nitrogens with one attached hydrogen (secondary N) is 1. The topological polar surface area (TPSA) is 83.9 Å². The summed E-state index contributed by atoms with van der Waals surface area (Å²) in [5, 5.41) is 3.67. The van der Waals surface area contributed by atoms with Gasteiger partial charge in [-0.25, -0.2) is 9.18 Å². The van der Waals surface area contributed by atoms with E-state index in [4.69, 9.17) is 4.74 Å². The molecule has 1 atom stereocenters. The maximum atomic E-state index is 14.0. The van der Waals surface area contributed by atoms with E-state index in [1.54, 1.807) is 40.8 Å². The van der Waals surface area contributed by atoms with Crippen LogP contribution in [-0.2, 0) is 22.1 Å². The number of aromatic nitrogens is 1. The number of carbonyl (C=O) groups is 2. The van der Waals surface area contributed by atoms with Gasteiger partial charge in [0.1, 0.15) is 11.4 Å². The van der Waals surface area contributed by atoms with Crippen molar-refractivity contribution in [3.8, 4) is 0 Å². The Hall–Kier alpha value is -3.93. The minimum atomic E-state index is -4.83. The lowest BCUT2D eigenvalue weighted by atomic mass is 10.0. The van der Waals surface area contributed by atoms with Crippen molar-refractivity contribution in [1.29, 1.82) is 0 Å². The number of ether oxygens (including phenoxy) is 1. The van der Waals surface area contributed by atoms with E-state index >= 15 is 0 Å². The van der Waals surface area contributed by atoms with Crippen LogP contribution in [0, 0.1) is 12.7 Å². The number of benzene rings is 2. The first-order valence-corrected chi connectivity index (χ1v) is 14.0. The number of aryl methyl sites for hydroxylation is 1. The highest BCUT2D eigenvalue weighted by Crippen LogP contribution is 2.32. The number of nitrogens with zero attached hydrogens (tertiary/aromatic N) is 3. The second-order valence-corrected chi connectivity index (χ2v) is 11.9. The van der Waals surface area contributed by atoms with Crippen LogP contribution in [0.5, 0.6) is 0 Å². The van der Waals surface area contributed by atoms with Crippen LogP contribution in [0.25, 0.3) is 10.8 Å². The van der Waals surface area contributed by atoms with E-state index in [-0.39, 0.29) is 29.7 Å². The third-order valence-corrected chi connectivity index (χ3v) is 7.31. The van der Waals surface area contributed by atoms with Crippen molar-refractivity contribution in [2.45, 2.75) is 58.9 Å². The van der Waals surface area contributed by atoms with Gasteiger partial charge in [-0.3, -0.25) is 14.5 Å². The third-order valence-electron chi connectivity index (χ3n) is 7.31. The fourth-order valence-corrected chi connectivity index (χ4v) is 5.13. The smallest absolute Gasteiger partial charge is 0.419 e. The molecule has 43 heavy (non-hydrogen) atoms. The molecule has 8 nitrogen and oxygen atoms in total. The van der Waals surface area contributed by atoms with Gasteiger partial charge in [0.15, 0.2) is 0 Å². The average molecular weight is 605 g/mol. The van der Waals surface area contributed by atoms with Crippen molar-refractivity contribution < 1.29 is 31.9 Å². The summed E-state index contributed by atoms with van der Waals surface area (Å²) in [6, 6.07) is 7.35. The summed E-state index contributed by atoms with van der Waals surface area (Å²) < 4.78 is 59.7. The molecule has 0 aliphatic carbocycles. The minimum absolute atomic E-state index is 0.0870. The molecule has 0 bridgehead atoms. The fourth-order valence-electron chi connectivity index (χ4n) is 5.13. The molecule has 1 aromatic heterocycles. The zero-order valence-corrected chi connectivity index (χ0v) is 24.8. The summed E-state index contributed by atoms with van der Waals surface area (Å²) >= 11 is 0. The Kier molecular flexibility index (Phi) is 9.19. The van der Waals surface area contributed by atoms with Gasteiger partial charge in [-0.05, 0) is 70.0 Å². The number of anilines is 1. The number of hydrogen-bond donors (Lipinski definition) is 1. The van der Waals surface area contributed by atoms with Gasteiger partial charge in [-0.1, -0.05) is 12.1 Å². The summed E-state index contributed by atoms with van der Waals surface area (Å²) in [7, 11) is 0. The molecule has 0 saturated carbocycles. The highest BCUT2D eigenvalue weighted by Gasteiger charge is 2.34. The molecule has 1 N–H and O–H groups in total. The Bertz CT molecular complexity index is 1570. The lowest BCUT2D eigenvalue weighted by Gasteiger charge is -2.36. The van der Waals surface area contributed by atoms with Gasteiger partial charge in [0.2, 0.25) is 5.91 Å². The number of amides is 2. The molecular formula is C31H36F4N4O4. The molecule has 1 fully saturated rings. The number of halogens is 4. The molecule has 2 amide bonds. The first-order valence-electron chi connectivity index (χ1n) is 14.0. The van der Waals surface area contributed by atoms with Gasteiger partial charge in [0.25, 0.3) is 5.56 Å². The molecule has 1 saturated heterocycles. The Morgan fingerprint density at radius 3 is 2.28 bits per heavy atom. The average Bonchev–Trinajstić information content (AvgIpc) is 2.89. The summed E-state index contributed by atoms with van der Waals surface area (Å²) in [5.74, 6) is -2.00. The first-order chi connectivity index (χ1) is 20.0. The van der Waals surface area contributed by atoms with Gasteiger partial charge in [0, 0.05) is 55.7 Å². The SMILES string of the molecule is Cc1ccc2c(=O)n(C(C)CN3CCN(C(=O)OC(C)(C)C)CC3)ccc2c1NC(=O)Cc1ccc(C(F)(F)F)c(F)c1. The highest BCUT2D eigenvalue weighted by atomic mass is 19.4. The molecule has 1 unspecified atom stereocenters. The van der Waals surface area contributed by atoms with Crippen molar-refractivity contribution in [2.75, 3.05) is 38.0 Å². The van der Waals surface area contributed by atoms with Gasteiger partial charge in [-0.15, -0.1) is 0 Å². The minimum Gasteiger partial charge on any atom is -0.444 e. The number of carbonyl (C=O) groups excluding carboxylic acids is 2. The van der Waals surface area contributed by atoms with Crippen LogP contribution in [0.15, 0.2) is 47.4 Å². The van der Waals surface area contributed by atoms with Crippen molar-refractivity contribution in [1.82, 2.24) is 14.4 Å². The Balaban J connectivity index is 1.45. The molecule has 1 aliphatic rings. The molecule has 0 spiro atoms. The van der Waals surface area contributed by atoms with Gasteiger partial charge < -0.3 is 19.5 Å². The van der Waals surface area contributed by atoms with E-state index in [1.807, 2.05) is 27.7 Å². The molecule has 4 rings (SSSR count). The highest BCUT2D eigenvalue weighted by molar-refractivity contribution is 6.03. The van der Waals surface area contributed by atoms with E-state index < -0.39 is 29.1 Å². The Morgan fingerprint density at radius 2 is 1.67 bits per heavy atom. The van der Waals surface area contributed by atoms with Gasteiger partial charge >= 0.3 is 12.3 Å². The second kappa shape index (κ2) is 12.4. The van der Waals surface area contributed by atoms with Crippen molar-refractivity contribution >= 4 is 28.5 Å². The second-order valence-electron chi connectivity index (χ2n) is 11.9. The molecule has 2 heterocycles. The largest absolute Gasteiger partial charge is 0.444 e. The predicted molar refractivity (Wildman–Crippen MR) is 156 cm³/mol. The molecule has 3 aromatic rings. The number of hydrogen-bond acceptors (Lipinski definition) is 5. The Labute approximate surface area is 247 Å². The predicted octanol–water partition coefficient (Wildman–Crippen LogP) is 5.76. The molecular weight excluding hydrogens is 568 g/mol. The van der Waals surface area contributed by atoms with Crippen molar-refractivity contribution in [3.63, 3.8) is 0 Å². The summed E-state index contributed by atoms with van der Waals surface area (Å²) in [6.07, 6.45) is -3.84. The van der Waals surface area contributed by atoms with Crippen LogP contribution >= 0.6 is 0 Å². The molecule has 0 radical (unpaired) electrons. The molecule has 1 aliphatic heterocycles. The molecule has 2 aromatic carbocycles. The lowest BCUT2D eigenvalue weighted by molar-refractivity contribution is -0.140. The van der Waals surface area contributed by atoms with Crippen LogP contribution in [0.1, 0.15) is 50.4 Å². The summed E-state index contributed by atoms with van der Waals surface area (Å²) in [4.78, 5) is 42.5. The zero-order chi connectivity index (χ0) is 31.7. The summed E-state index contributed by atoms with van der Waals surface area (Å²) in [5.41, 5.74) is -1.01. The Morgan fingerprint density at radius 1 is 1.00 bits per heavy atom. The maximum absolute atomic E-state index is 14.0. The third kappa shape index (κ3) is 7.73. The number of piperazine rings is 1. The lowest BCUT2D eigenvalue weighted by Crippen LogP contribution is -2.51.